The second kappa shape index (κ2) is 8.16. The van der Waals surface area contributed by atoms with Crippen LogP contribution in [0.3, 0.4) is 0 Å². The van der Waals surface area contributed by atoms with E-state index < -0.39 is 6.85 Å². The summed E-state index contributed by atoms with van der Waals surface area (Å²) >= 11 is 0. The molecule has 4 aromatic carbocycles. The lowest BCUT2D eigenvalue weighted by molar-refractivity contribution is -0.660. The van der Waals surface area contributed by atoms with Crippen molar-refractivity contribution in [2.75, 3.05) is 0 Å². The van der Waals surface area contributed by atoms with Crippen LogP contribution >= 0.6 is 0 Å². The van der Waals surface area contributed by atoms with Crippen molar-refractivity contribution in [3.8, 4) is 39.6 Å². The molecule has 0 saturated carbocycles. The number of aromatic nitrogens is 1. The third-order valence-electron chi connectivity index (χ3n) is 8.33. The first-order valence-electron chi connectivity index (χ1n) is 15.1. The van der Waals surface area contributed by atoms with E-state index in [2.05, 4.69) is 62.4 Å². The number of hydrogen-bond acceptors (Lipinski definition) is 2. The summed E-state index contributed by atoms with van der Waals surface area (Å²) in [6.07, 6.45) is 0.0883. The molecule has 0 N–H and O–H groups in total. The van der Waals surface area contributed by atoms with Crippen molar-refractivity contribution in [1.82, 2.24) is 0 Å². The van der Waals surface area contributed by atoms with Crippen LogP contribution in [0.1, 0.15) is 47.1 Å². The van der Waals surface area contributed by atoms with E-state index in [-0.39, 0.29) is 17.2 Å². The summed E-state index contributed by atoms with van der Waals surface area (Å²) in [5, 5.41) is 12.0. The summed E-state index contributed by atoms with van der Waals surface area (Å²) in [5.41, 5.74) is 10.4. The van der Waals surface area contributed by atoms with Gasteiger partial charge >= 0.3 is 0 Å². The van der Waals surface area contributed by atoms with Gasteiger partial charge in [0.15, 0.2) is 6.17 Å². The summed E-state index contributed by atoms with van der Waals surface area (Å²) in [7, 11) is 1.76. The Morgan fingerprint density at radius 1 is 0.872 bits per heavy atom. The van der Waals surface area contributed by atoms with Crippen molar-refractivity contribution >= 4 is 21.9 Å². The minimum atomic E-state index is -2.36. The highest BCUT2D eigenvalue weighted by Crippen LogP contribution is 2.50. The molecule has 0 saturated heterocycles. The zero-order chi connectivity index (χ0) is 30.4. The Hall–Kier alpha value is -4.68. The van der Waals surface area contributed by atoms with E-state index in [9.17, 15) is 5.26 Å². The Bertz CT molecular complexity index is 2200. The van der Waals surface area contributed by atoms with Crippen molar-refractivity contribution in [3.63, 3.8) is 0 Å². The van der Waals surface area contributed by atoms with Crippen molar-refractivity contribution < 1.29 is 14.5 Å². The number of benzene rings is 4. The van der Waals surface area contributed by atoms with Gasteiger partial charge in [-0.15, -0.1) is 0 Å². The number of nitriles is 1. The number of pyridine rings is 1. The van der Waals surface area contributed by atoms with Gasteiger partial charge in [0.25, 0.3) is 0 Å². The van der Waals surface area contributed by atoms with Crippen LogP contribution in [0.5, 0.6) is 0 Å². The normalized spacial score (nSPS) is 15.3. The fourth-order valence-corrected chi connectivity index (χ4v) is 6.32. The van der Waals surface area contributed by atoms with Crippen LogP contribution in [-0.2, 0) is 12.5 Å². The number of aryl methyl sites for hydroxylation is 2. The van der Waals surface area contributed by atoms with Gasteiger partial charge in [0.2, 0.25) is 5.69 Å². The van der Waals surface area contributed by atoms with Crippen molar-refractivity contribution in [2.24, 2.45) is 7.05 Å². The summed E-state index contributed by atoms with van der Waals surface area (Å²) in [6.45, 7) is 4.06. The molecule has 0 aliphatic heterocycles. The summed E-state index contributed by atoms with van der Waals surface area (Å²) in [4.78, 5) is 0. The molecule has 1 aliphatic rings. The van der Waals surface area contributed by atoms with Gasteiger partial charge in [-0.2, -0.15) is 5.26 Å². The first kappa shape index (κ1) is 19.4. The van der Waals surface area contributed by atoms with E-state index in [4.69, 9.17) is 9.90 Å². The minimum absolute atomic E-state index is 0.0883. The quantitative estimate of drug-likeness (QED) is 0.219. The molecule has 0 fully saturated rings. The lowest BCUT2D eigenvalue weighted by Crippen LogP contribution is -2.30. The third-order valence-corrected chi connectivity index (χ3v) is 8.33. The van der Waals surface area contributed by atoms with E-state index >= 15 is 0 Å². The van der Waals surface area contributed by atoms with Crippen LogP contribution in [0.2, 0.25) is 0 Å². The van der Waals surface area contributed by atoms with Gasteiger partial charge in [-0.1, -0.05) is 62.4 Å². The van der Waals surface area contributed by atoms with Crippen molar-refractivity contribution in [2.45, 2.75) is 33.0 Å². The zero-order valence-corrected chi connectivity index (χ0v) is 22.3. The smallest absolute Gasteiger partial charge is 0.216 e. The Morgan fingerprint density at radius 3 is 2.41 bits per heavy atom. The molecule has 7 rings (SSSR count). The maximum Gasteiger partial charge on any atom is 0.216 e. The first-order valence-corrected chi connectivity index (χ1v) is 13.1. The maximum absolute atomic E-state index is 10.2. The van der Waals surface area contributed by atoms with Gasteiger partial charge in [-0.25, -0.2) is 4.57 Å². The molecule has 0 atom stereocenters. The molecule has 0 unspecified atom stereocenters. The number of hydrogen-bond donors (Lipinski definition) is 0. The fourth-order valence-electron chi connectivity index (χ4n) is 6.32. The van der Waals surface area contributed by atoms with Gasteiger partial charge in [0.05, 0.1) is 17.2 Å². The zero-order valence-electron chi connectivity index (χ0n) is 26.3. The van der Waals surface area contributed by atoms with Gasteiger partial charge in [0.1, 0.15) is 19.6 Å². The molecule has 2 aromatic heterocycles. The summed E-state index contributed by atoms with van der Waals surface area (Å²) in [6, 6.07) is 28.1. The Morgan fingerprint density at radius 2 is 1.62 bits per heavy atom. The molecule has 2 heterocycles. The third kappa shape index (κ3) is 3.25. The predicted octanol–water partition coefficient (Wildman–Crippen LogP) is 8.54. The lowest BCUT2D eigenvalue weighted by Gasteiger charge is -2.22. The van der Waals surface area contributed by atoms with Gasteiger partial charge in [-0.05, 0) is 70.9 Å². The van der Waals surface area contributed by atoms with E-state index in [1.807, 2.05) is 31.2 Å². The van der Waals surface area contributed by atoms with E-state index in [1.54, 1.807) is 17.7 Å². The average molecular weight is 510 g/mol. The molecule has 0 bridgehead atoms. The van der Waals surface area contributed by atoms with Gasteiger partial charge in [0, 0.05) is 38.0 Å². The Kier molecular flexibility index (Phi) is 4.06. The SMILES string of the molecule is [2H]c1cc(C([2H])([2H])[2H])cc(-c2c(C)ccc3c2oc2c(-c4ccc5c(c4)C(C)(C)c4ccccc4-5)c(C#N)ccc23)[n+]1C. The molecule has 3 heteroatoms. The van der Waals surface area contributed by atoms with Crippen LogP contribution in [0.15, 0.2) is 89.5 Å². The lowest BCUT2D eigenvalue weighted by atomic mass is 9.81. The van der Waals surface area contributed by atoms with Crippen molar-refractivity contribution in [3.05, 3.63) is 113 Å². The second-order valence-electron chi connectivity index (χ2n) is 11.0. The number of fused-ring (bicyclic) bond motifs is 6. The Balaban J connectivity index is 1.52. The van der Waals surface area contributed by atoms with Crippen LogP contribution in [0.4, 0.5) is 0 Å². The van der Waals surface area contributed by atoms with Crippen LogP contribution in [0, 0.1) is 25.1 Å². The topological polar surface area (TPSA) is 40.8 Å². The van der Waals surface area contributed by atoms with Gasteiger partial charge < -0.3 is 4.42 Å². The standard InChI is InChI=1S/C36H29N2O/c1-21-16-17-38(5)31(18-21)32-22(2)10-13-27-28-15-12-24(20-37)33(35(28)39-34(27)32)23-11-14-26-25-8-6-7-9-29(25)36(3,4)30(26)19-23/h6-19H,1-5H3/q+1/i1D3,17D. The summed E-state index contributed by atoms with van der Waals surface area (Å²) in [5.74, 6) is 0. The molecular weight excluding hydrogens is 476 g/mol. The van der Waals surface area contributed by atoms with E-state index in [0.29, 0.717) is 22.4 Å². The number of furan rings is 1. The van der Waals surface area contributed by atoms with Crippen LogP contribution in [-0.4, -0.2) is 0 Å². The molecule has 3 nitrogen and oxygen atoms in total. The predicted molar refractivity (Wildman–Crippen MR) is 158 cm³/mol. The second-order valence-corrected chi connectivity index (χ2v) is 11.0. The monoisotopic (exact) mass is 509 g/mol. The number of nitrogens with zero attached hydrogens (tertiary/aromatic N) is 2. The van der Waals surface area contributed by atoms with E-state index in [1.165, 1.54) is 28.3 Å². The highest BCUT2D eigenvalue weighted by molar-refractivity contribution is 6.14. The first-order chi connectivity index (χ1) is 20.4. The molecule has 0 spiro atoms. The highest BCUT2D eigenvalue weighted by Gasteiger charge is 2.35. The molecule has 188 valence electrons. The van der Waals surface area contributed by atoms with E-state index in [0.717, 1.165) is 33.0 Å². The molecule has 1 aliphatic carbocycles. The number of rotatable bonds is 2. The highest BCUT2D eigenvalue weighted by atomic mass is 16.3. The molecule has 0 amide bonds. The van der Waals surface area contributed by atoms with Crippen LogP contribution < -0.4 is 4.57 Å². The maximum atomic E-state index is 10.2. The van der Waals surface area contributed by atoms with Gasteiger partial charge in [-0.3, -0.25) is 0 Å². The average Bonchev–Trinajstić information content (AvgIpc) is 3.46. The largest absolute Gasteiger partial charge is 0.454 e. The summed E-state index contributed by atoms with van der Waals surface area (Å²) < 4.78 is 40.9. The Labute approximate surface area is 234 Å². The fraction of sp³-hybridized carbons (Fsp3) is 0.167. The molecule has 6 aromatic rings. The van der Waals surface area contributed by atoms with Crippen LogP contribution in [0.25, 0.3) is 55.4 Å². The van der Waals surface area contributed by atoms with Crippen molar-refractivity contribution in [1.29, 1.82) is 5.26 Å². The molecule has 39 heavy (non-hydrogen) atoms. The molecular formula is C36H29N2O+. The molecule has 0 radical (unpaired) electrons. The minimum Gasteiger partial charge on any atom is -0.454 e.